The molecule has 3 heteroatoms. The van der Waals surface area contributed by atoms with Crippen LogP contribution in [0.1, 0.15) is 45.9 Å². The Labute approximate surface area is 111 Å². The van der Waals surface area contributed by atoms with Crippen LogP contribution in [0, 0.1) is 11.3 Å². The van der Waals surface area contributed by atoms with E-state index in [0.29, 0.717) is 11.3 Å². The van der Waals surface area contributed by atoms with E-state index >= 15 is 0 Å². The summed E-state index contributed by atoms with van der Waals surface area (Å²) in [6.45, 7) is 8.23. The highest BCUT2D eigenvalue weighted by Crippen LogP contribution is 2.33. The Morgan fingerprint density at radius 2 is 2.22 bits per heavy atom. The summed E-state index contributed by atoms with van der Waals surface area (Å²) in [4.78, 5) is 4.43. The summed E-state index contributed by atoms with van der Waals surface area (Å²) in [5, 5.41) is 3.70. The van der Waals surface area contributed by atoms with E-state index in [1.54, 1.807) is 0 Å². The van der Waals surface area contributed by atoms with Gasteiger partial charge in [-0.2, -0.15) is 0 Å². The summed E-state index contributed by atoms with van der Waals surface area (Å²) in [7, 11) is 2.08. The lowest BCUT2D eigenvalue weighted by molar-refractivity contribution is 0.189. The number of nitrogens with zero attached hydrogens (tertiary/aromatic N) is 2. The minimum atomic E-state index is 0.370. The normalized spacial score (nSPS) is 19.2. The van der Waals surface area contributed by atoms with Crippen LogP contribution in [0.3, 0.4) is 0 Å². The van der Waals surface area contributed by atoms with Gasteiger partial charge < -0.3 is 9.88 Å². The summed E-state index contributed by atoms with van der Waals surface area (Å²) in [5.74, 6) is 1.90. The van der Waals surface area contributed by atoms with Crippen molar-refractivity contribution in [2.45, 2.75) is 52.5 Å². The molecule has 1 fully saturated rings. The van der Waals surface area contributed by atoms with Gasteiger partial charge in [0, 0.05) is 38.4 Å². The van der Waals surface area contributed by atoms with Gasteiger partial charge in [0.15, 0.2) is 0 Å². The first-order chi connectivity index (χ1) is 8.51. The van der Waals surface area contributed by atoms with Gasteiger partial charge in [-0.05, 0) is 30.6 Å². The molecule has 1 atom stereocenters. The summed E-state index contributed by atoms with van der Waals surface area (Å²) in [6, 6.07) is 0.802. The maximum atomic E-state index is 4.43. The van der Waals surface area contributed by atoms with Gasteiger partial charge in [-0.1, -0.05) is 20.8 Å². The van der Waals surface area contributed by atoms with E-state index < -0.39 is 0 Å². The molecule has 1 unspecified atom stereocenters. The van der Waals surface area contributed by atoms with Crippen LogP contribution < -0.4 is 5.32 Å². The van der Waals surface area contributed by atoms with Gasteiger partial charge in [0.05, 0.1) is 0 Å². The fourth-order valence-electron chi connectivity index (χ4n) is 2.28. The summed E-state index contributed by atoms with van der Waals surface area (Å²) in [5.41, 5.74) is 0.370. The number of hydrogen-bond acceptors (Lipinski definition) is 2. The lowest BCUT2D eigenvalue weighted by Crippen LogP contribution is -2.37. The zero-order valence-corrected chi connectivity index (χ0v) is 12.2. The second kappa shape index (κ2) is 5.43. The van der Waals surface area contributed by atoms with Crippen molar-refractivity contribution in [2.75, 3.05) is 6.54 Å². The summed E-state index contributed by atoms with van der Waals surface area (Å²) < 4.78 is 2.13. The molecule has 0 spiro atoms. The lowest BCUT2D eigenvalue weighted by Gasteiger charge is -2.34. The van der Waals surface area contributed by atoms with Crippen molar-refractivity contribution in [3.05, 3.63) is 18.2 Å². The topological polar surface area (TPSA) is 29.9 Å². The summed E-state index contributed by atoms with van der Waals surface area (Å²) >= 11 is 0. The molecule has 0 aliphatic heterocycles. The quantitative estimate of drug-likeness (QED) is 0.805. The second-order valence-corrected chi connectivity index (χ2v) is 6.42. The third-order valence-electron chi connectivity index (χ3n) is 4.61. The van der Waals surface area contributed by atoms with Crippen molar-refractivity contribution in [3.8, 4) is 0 Å². The van der Waals surface area contributed by atoms with Crippen LogP contribution >= 0.6 is 0 Å². The lowest BCUT2D eigenvalue weighted by atomic mass is 9.75. The van der Waals surface area contributed by atoms with Gasteiger partial charge in [0.2, 0.25) is 0 Å². The van der Waals surface area contributed by atoms with Gasteiger partial charge in [-0.3, -0.25) is 0 Å². The van der Waals surface area contributed by atoms with Crippen molar-refractivity contribution in [2.24, 2.45) is 18.4 Å². The Bertz CT molecular complexity index is 379. The Hall–Kier alpha value is -0.830. The molecule has 1 saturated carbocycles. The SMILES string of the molecule is CC(C)C(C)(CCc1nccn1C)CNC1CC1. The standard InChI is InChI=1S/C15H27N3/c1-12(2)15(3,11-17-13-5-6-13)8-7-14-16-9-10-18(14)4/h9-10,12-13,17H,5-8,11H2,1-4H3. The molecule has 18 heavy (non-hydrogen) atoms. The molecule has 1 N–H and O–H groups in total. The Morgan fingerprint density at radius 3 is 2.72 bits per heavy atom. The van der Waals surface area contributed by atoms with Crippen molar-refractivity contribution in [3.63, 3.8) is 0 Å². The van der Waals surface area contributed by atoms with E-state index in [2.05, 4.69) is 42.7 Å². The van der Waals surface area contributed by atoms with E-state index in [4.69, 9.17) is 0 Å². The van der Waals surface area contributed by atoms with Crippen LogP contribution in [0.4, 0.5) is 0 Å². The first-order valence-corrected chi connectivity index (χ1v) is 7.21. The molecular weight excluding hydrogens is 222 g/mol. The average molecular weight is 249 g/mol. The molecule has 1 aromatic heterocycles. The highest BCUT2D eigenvalue weighted by atomic mass is 15.0. The maximum Gasteiger partial charge on any atom is 0.108 e. The first kappa shape index (κ1) is 13.6. The molecule has 102 valence electrons. The van der Waals surface area contributed by atoms with Crippen molar-refractivity contribution in [1.29, 1.82) is 0 Å². The fourth-order valence-corrected chi connectivity index (χ4v) is 2.28. The van der Waals surface area contributed by atoms with Crippen molar-refractivity contribution < 1.29 is 0 Å². The smallest absolute Gasteiger partial charge is 0.108 e. The molecule has 0 bridgehead atoms. The molecule has 0 amide bonds. The number of aromatic nitrogens is 2. The van der Waals surface area contributed by atoms with Gasteiger partial charge in [0.25, 0.3) is 0 Å². The molecule has 0 radical (unpaired) electrons. The molecule has 1 heterocycles. The number of imidazole rings is 1. The third kappa shape index (κ3) is 3.35. The predicted octanol–water partition coefficient (Wildman–Crippen LogP) is 2.77. The zero-order valence-electron chi connectivity index (χ0n) is 12.2. The van der Waals surface area contributed by atoms with Crippen molar-refractivity contribution in [1.82, 2.24) is 14.9 Å². The first-order valence-electron chi connectivity index (χ1n) is 7.21. The Morgan fingerprint density at radius 1 is 1.50 bits per heavy atom. The monoisotopic (exact) mass is 249 g/mol. The summed E-state index contributed by atoms with van der Waals surface area (Å²) in [6.07, 6.45) is 8.94. The molecule has 0 aromatic carbocycles. The molecule has 1 aromatic rings. The van der Waals surface area contributed by atoms with E-state index in [1.165, 1.54) is 25.1 Å². The average Bonchev–Trinajstić information content (AvgIpc) is 3.07. The van der Waals surface area contributed by atoms with Crippen LogP contribution in [-0.2, 0) is 13.5 Å². The van der Waals surface area contributed by atoms with E-state index in [0.717, 1.165) is 19.0 Å². The van der Waals surface area contributed by atoms with Crippen LogP contribution in [0.25, 0.3) is 0 Å². The van der Waals surface area contributed by atoms with Gasteiger partial charge in [-0.25, -0.2) is 4.98 Å². The van der Waals surface area contributed by atoms with Crippen LogP contribution in [-0.4, -0.2) is 22.1 Å². The molecule has 3 nitrogen and oxygen atoms in total. The maximum absolute atomic E-state index is 4.43. The largest absolute Gasteiger partial charge is 0.338 e. The number of rotatable bonds is 7. The molecule has 1 aliphatic carbocycles. The van der Waals surface area contributed by atoms with Gasteiger partial charge in [0.1, 0.15) is 5.82 Å². The highest BCUT2D eigenvalue weighted by Gasteiger charge is 2.31. The highest BCUT2D eigenvalue weighted by molar-refractivity contribution is 4.94. The molecule has 1 aliphatic rings. The Kier molecular flexibility index (Phi) is 4.10. The van der Waals surface area contributed by atoms with Crippen LogP contribution in [0.15, 0.2) is 12.4 Å². The Balaban J connectivity index is 1.90. The van der Waals surface area contributed by atoms with E-state index in [-0.39, 0.29) is 0 Å². The third-order valence-corrected chi connectivity index (χ3v) is 4.61. The molecular formula is C15H27N3. The zero-order chi connectivity index (χ0) is 13.2. The fraction of sp³-hybridized carbons (Fsp3) is 0.800. The van der Waals surface area contributed by atoms with Crippen LogP contribution in [0.2, 0.25) is 0 Å². The van der Waals surface area contributed by atoms with Gasteiger partial charge >= 0.3 is 0 Å². The minimum Gasteiger partial charge on any atom is -0.338 e. The van der Waals surface area contributed by atoms with E-state index in [1.807, 2.05) is 12.4 Å². The molecule has 2 rings (SSSR count). The number of aryl methyl sites for hydroxylation is 2. The van der Waals surface area contributed by atoms with Crippen molar-refractivity contribution >= 4 is 0 Å². The van der Waals surface area contributed by atoms with Crippen LogP contribution in [0.5, 0.6) is 0 Å². The van der Waals surface area contributed by atoms with Gasteiger partial charge in [-0.15, -0.1) is 0 Å². The predicted molar refractivity (Wildman–Crippen MR) is 75.5 cm³/mol. The minimum absolute atomic E-state index is 0.370. The number of hydrogen-bond donors (Lipinski definition) is 1. The van der Waals surface area contributed by atoms with E-state index in [9.17, 15) is 0 Å². The second-order valence-electron chi connectivity index (χ2n) is 6.42. The number of nitrogens with one attached hydrogen (secondary N) is 1. The molecule has 0 saturated heterocycles.